The van der Waals surface area contributed by atoms with Gasteiger partial charge in [0.25, 0.3) is 5.91 Å². The maximum atomic E-state index is 12.9. The van der Waals surface area contributed by atoms with Crippen LogP contribution in [0, 0.1) is 0 Å². The average molecular weight is 480 g/mol. The molecule has 36 heavy (non-hydrogen) atoms. The van der Waals surface area contributed by atoms with Crippen LogP contribution in [0.25, 0.3) is 11.3 Å². The van der Waals surface area contributed by atoms with Crippen molar-refractivity contribution < 1.29 is 4.79 Å². The van der Waals surface area contributed by atoms with Gasteiger partial charge in [0.15, 0.2) is 0 Å². The van der Waals surface area contributed by atoms with E-state index in [9.17, 15) is 4.79 Å². The molecule has 0 radical (unpaired) electrons. The predicted octanol–water partition coefficient (Wildman–Crippen LogP) is 6.40. The zero-order chi connectivity index (χ0) is 25.9. The number of benzene rings is 1. The molecule has 0 saturated carbocycles. The van der Waals surface area contributed by atoms with Gasteiger partial charge in [0.2, 0.25) is 5.95 Å². The molecule has 0 spiro atoms. The van der Waals surface area contributed by atoms with E-state index < -0.39 is 0 Å². The molecule has 2 aromatic rings. The lowest BCUT2D eigenvalue weighted by molar-refractivity contribution is -0.118. The molecule has 1 aromatic heterocycles. The van der Waals surface area contributed by atoms with E-state index >= 15 is 0 Å². The van der Waals surface area contributed by atoms with Crippen LogP contribution in [0.5, 0.6) is 0 Å². The number of carbonyl (C=O) groups is 1. The Kier molecular flexibility index (Phi) is 9.49. The molecule has 1 aliphatic rings. The number of aromatic nitrogens is 2. The van der Waals surface area contributed by atoms with Gasteiger partial charge in [-0.2, -0.15) is 0 Å². The van der Waals surface area contributed by atoms with Gasteiger partial charge in [-0.15, -0.1) is 5.73 Å². The summed E-state index contributed by atoms with van der Waals surface area (Å²) in [7, 11) is 0. The molecule has 1 aromatic carbocycles. The lowest BCUT2D eigenvalue weighted by Gasteiger charge is -2.25. The maximum absolute atomic E-state index is 12.9. The van der Waals surface area contributed by atoms with Crippen LogP contribution < -0.4 is 10.6 Å². The normalized spacial score (nSPS) is 17.6. The highest BCUT2D eigenvalue weighted by atomic mass is 16.1. The van der Waals surface area contributed by atoms with Crippen LogP contribution in [0.2, 0.25) is 0 Å². The minimum absolute atomic E-state index is 0.0944. The fourth-order valence-corrected chi connectivity index (χ4v) is 4.08. The van der Waals surface area contributed by atoms with Gasteiger partial charge in [0.1, 0.15) is 0 Å². The third-order valence-corrected chi connectivity index (χ3v) is 5.91. The number of anilines is 1. The quantitative estimate of drug-likeness (QED) is 0.151. The Morgan fingerprint density at radius 1 is 1.25 bits per heavy atom. The van der Waals surface area contributed by atoms with E-state index in [2.05, 4.69) is 70.7 Å². The number of allylic oxidation sites excluding steroid dienone is 5. The van der Waals surface area contributed by atoms with E-state index in [0.29, 0.717) is 11.5 Å². The van der Waals surface area contributed by atoms with Crippen molar-refractivity contribution in [2.45, 2.75) is 46.1 Å². The summed E-state index contributed by atoms with van der Waals surface area (Å²) in [4.78, 5) is 26.0. The fraction of sp³-hybridized carbons (Fsp3) is 0.233. The number of nitrogens with one attached hydrogen (secondary N) is 2. The first-order chi connectivity index (χ1) is 17.5. The molecule has 1 aliphatic carbocycles. The molecular weight excluding hydrogens is 446 g/mol. The van der Waals surface area contributed by atoms with Crippen molar-refractivity contribution >= 4 is 18.1 Å². The van der Waals surface area contributed by atoms with Gasteiger partial charge in [-0.1, -0.05) is 49.1 Å². The van der Waals surface area contributed by atoms with Crippen LogP contribution in [0.3, 0.4) is 0 Å². The van der Waals surface area contributed by atoms with Crippen LogP contribution in [-0.4, -0.2) is 22.1 Å². The smallest absolute Gasteiger partial charge is 0.252 e. The highest BCUT2D eigenvalue weighted by Gasteiger charge is 2.21. The summed E-state index contributed by atoms with van der Waals surface area (Å²) in [5.74, 6) is 0.361. The summed E-state index contributed by atoms with van der Waals surface area (Å²) in [6.45, 7) is 13.1. The Hall–Kier alpha value is -4.28. The zero-order valence-corrected chi connectivity index (χ0v) is 21.2. The van der Waals surface area contributed by atoms with Crippen LogP contribution in [0.4, 0.5) is 5.95 Å². The van der Waals surface area contributed by atoms with Gasteiger partial charge in [0.05, 0.1) is 17.4 Å². The molecule has 0 unspecified atom stereocenters. The first-order valence-electron chi connectivity index (χ1n) is 12.0. The summed E-state index contributed by atoms with van der Waals surface area (Å²) < 4.78 is 0. The van der Waals surface area contributed by atoms with E-state index in [1.807, 2.05) is 26.0 Å². The molecule has 0 fully saturated rings. The maximum Gasteiger partial charge on any atom is 0.252 e. The Bertz CT molecular complexity index is 1290. The van der Waals surface area contributed by atoms with Crippen molar-refractivity contribution in [3.8, 4) is 11.3 Å². The van der Waals surface area contributed by atoms with E-state index in [1.54, 1.807) is 24.6 Å². The van der Waals surface area contributed by atoms with Crippen molar-refractivity contribution in [3.05, 3.63) is 108 Å². The summed E-state index contributed by atoms with van der Waals surface area (Å²) >= 11 is 0. The Labute approximate surface area is 213 Å². The third kappa shape index (κ3) is 6.87. The fourth-order valence-electron chi connectivity index (χ4n) is 4.08. The van der Waals surface area contributed by atoms with Gasteiger partial charge < -0.3 is 10.6 Å². The van der Waals surface area contributed by atoms with Crippen LogP contribution in [-0.2, 0) is 11.2 Å². The third-order valence-electron chi connectivity index (χ3n) is 5.91. The van der Waals surface area contributed by atoms with Gasteiger partial charge in [-0.3, -0.25) is 9.79 Å². The minimum atomic E-state index is -0.124. The summed E-state index contributed by atoms with van der Waals surface area (Å²) in [6.07, 6.45) is 14.9. The summed E-state index contributed by atoms with van der Waals surface area (Å²) in [5, 5.41) is 6.39. The SMILES string of the molecule is C=C=C/C(=C\C)C(=O)N[C@@H]1CC/C=C(/C)Cc2cc(-c3ccnc(NC(/C=N\C=C)=C/C)n3)ccc21. The molecule has 1 heterocycles. The van der Waals surface area contributed by atoms with Crippen molar-refractivity contribution in [3.63, 3.8) is 0 Å². The number of fused-ring (bicyclic) bond motifs is 1. The van der Waals surface area contributed by atoms with Crippen molar-refractivity contribution in [2.75, 3.05) is 5.32 Å². The Morgan fingerprint density at radius 2 is 2.08 bits per heavy atom. The van der Waals surface area contributed by atoms with E-state index in [4.69, 9.17) is 4.98 Å². The van der Waals surface area contributed by atoms with Crippen molar-refractivity contribution in [1.29, 1.82) is 0 Å². The molecule has 0 aliphatic heterocycles. The first-order valence-corrected chi connectivity index (χ1v) is 12.0. The number of rotatable bonds is 8. The number of amides is 1. The predicted molar refractivity (Wildman–Crippen MR) is 149 cm³/mol. The highest BCUT2D eigenvalue weighted by molar-refractivity contribution is 5.96. The van der Waals surface area contributed by atoms with E-state index in [0.717, 1.165) is 41.8 Å². The standard InChI is InChI=1S/C30H33N5O/c1-6-11-22(7-2)29(36)34-28-13-10-12-21(5)18-24-19-23(14-15-26(24)28)27-16-17-32-30(35-27)33-25(8-3)20-31-9-4/h7-9,11-12,14-17,19-20,28H,1,4,10,13,18H2,2-3,5H3,(H,34,36)(H,32,33,35)/b21-12-,22-7+,25-8+,31-20-/t28-/m1/s1. The van der Waals surface area contributed by atoms with Gasteiger partial charge >= 0.3 is 0 Å². The van der Waals surface area contributed by atoms with Gasteiger partial charge in [-0.05, 0) is 69.4 Å². The number of hydrogen-bond acceptors (Lipinski definition) is 5. The van der Waals surface area contributed by atoms with Crippen molar-refractivity contribution in [1.82, 2.24) is 15.3 Å². The topological polar surface area (TPSA) is 79.3 Å². The summed E-state index contributed by atoms with van der Waals surface area (Å²) in [5.41, 5.74) is 9.43. The lowest BCUT2D eigenvalue weighted by Crippen LogP contribution is -2.30. The first kappa shape index (κ1) is 26.3. The van der Waals surface area contributed by atoms with Crippen molar-refractivity contribution in [2.24, 2.45) is 4.99 Å². The second-order valence-electron chi connectivity index (χ2n) is 8.43. The Morgan fingerprint density at radius 3 is 2.81 bits per heavy atom. The molecular formula is C30H33N5O. The monoisotopic (exact) mass is 479 g/mol. The van der Waals surface area contributed by atoms with Crippen LogP contribution in [0.1, 0.15) is 50.8 Å². The van der Waals surface area contributed by atoms with Gasteiger partial charge in [0, 0.05) is 29.7 Å². The number of nitrogens with zero attached hydrogens (tertiary/aromatic N) is 3. The molecule has 0 bridgehead atoms. The molecule has 6 heteroatoms. The van der Waals surface area contributed by atoms with E-state index in [-0.39, 0.29) is 11.9 Å². The largest absolute Gasteiger partial charge is 0.345 e. The average Bonchev–Trinajstić information content (AvgIpc) is 2.88. The highest BCUT2D eigenvalue weighted by Crippen LogP contribution is 2.31. The molecule has 0 saturated heterocycles. The number of aliphatic imine (C=N–C) groups is 1. The lowest BCUT2D eigenvalue weighted by atomic mass is 9.88. The molecule has 184 valence electrons. The molecule has 1 atom stereocenters. The molecule has 6 nitrogen and oxygen atoms in total. The zero-order valence-electron chi connectivity index (χ0n) is 21.2. The molecule has 3 rings (SSSR count). The van der Waals surface area contributed by atoms with Gasteiger partial charge in [-0.25, -0.2) is 9.97 Å². The molecule has 2 N–H and O–H groups in total. The van der Waals surface area contributed by atoms with Crippen LogP contribution >= 0.6 is 0 Å². The molecule has 1 amide bonds. The second kappa shape index (κ2) is 13.0. The Balaban J connectivity index is 1.94. The second-order valence-corrected chi connectivity index (χ2v) is 8.43. The minimum Gasteiger partial charge on any atom is -0.345 e. The van der Waals surface area contributed by atoms with Crippen LogP contribution in [0.15, 0.2) is 102 Å². The number of hydrogen-bond donors (Lipinski definition) is 2. The van der Waals surface area contributed by atoms with E-state index in [1.165, 1.54) is 17.3 Å². The summed E-state index contributed by atoms with van der Waals surface area (Å²) in [6, 6.07) is 8.13. The number of carbonyl (C=O) groups excluding carboxylic acids is 1.